The second-order valence-corrected chi connectivity index (χ2v) is 8.20. The van der Waals surface area contributed by atoms with E-state index in [1.54, 1.807) is 4.57 Å². The quantitative estimate of drug-likeness (QED) is 0.560. The highest BCUT2D eigenvalue weighted by Gasteiger charge is 2.44. The zero-order valence-corrected chi connectivity index (χ0v) is 14.0. The van der Waals surface area contributed by atoms with Crippen molar-refractivity contribution in [3.63, 3.8) is 0 Å². The number of nitrogen functional groups attached to an aromatic ring is 1. The lowest BCUT2D eigenvalue weighted by atomic mass is 10.1. The molecule has 136 valence electrons. The van der Waals surface area contributed by atoms with Crippen molar-refractivity contribution >= 4 is 30.5 Å². The van der Waals surface area contributed by atoms with Crippen LogP contribution in [0.15, 0.2) is 6.33 Å². The molecule has 1 saturated heterocycles. The van der Waals surface area contributed by atoms with Gasteiger partial charge in [-0.15, -0.1) is 0 Å². The lowest BCUT2D eigenvalue weighted by molar-refractivity contribution is -0.0352. The van der Waals surface area contributed by atoms with Gasteiger partial charge in [0, 0.05) is 18.5 Å². The number of anilines is 2. The number of hydrogen-bond donors (Lipinski definition) is 4. The third-order valence-corrected chi connectivity index (χ3v) is 5.45. The molecule has 3 heterocycles. The summed E-state index contributed by atoms with van der Waals surface area (Å²) in [7, 11) is -4.49. The number of nitrogens with zero attached hydrogens (tertiary/aromatic N) is 4. The lowest BCUT2D eigenvalue weighted by Crippen LogP contribution is -2.17. The fraction of sp³-hybridized carbons (Fsp3) is 0.615. The van der Waals surface area contributed by atoms with Crippen LogP contribution in [-0.4, -0.2) is 47.6 Å². The highest BCUT2D eigenvalue weighted by molar-refractivity contribution is 7.52. The molecule has 2 aromatic rings. The molecule has 0 spiro atoms. The first-order valence-corrected chi connectivity index (χ1v) is 9.59. The van der Waals surface area contributed by atoms with Gasteiger partial charge in [0.25, 0.3) is 0 Å². The van der Waals surface area contributed by atoms with Gasteiger partial charge in [0.05, 0.1) is 6.33 Å². The predicted molar refractivity (Wildman–Crippen MR) is 86.3 cm³/mol. The number of nitrogens with two attached hydrogens (primary N) is 1. The number of aromatic nitrogens is 4. The van der Waals surface area contributed by atoms with Crippen molar-refractivity contribution in [1.82, 2.24) is 19.5 Å². The van der Waals surface area contributed by atoms with E-state index in [0.717, 1.165) is 12.8 Å². The molecule has 3 atom stereocenters. The van der Waals surface area contributed by atoms with E-state index in [0.29, 0.717) is 23.0 Å². The van der Waals surface area contributed by atoms with Gasteiger partial charge in [-0.2, -0.15) is 9.97 Å². The number of imidazole rings is 1. The van der Waals surface area contributed by atoms with Crippen molar-refractivity contribution in [3.8, 4) is 0 Å². The van der Waals surface area contributed by atoms with E-state index in [1.807, 2.05) is 0 Å². The maximum atomic E-state index is 14.0. The van der Waals surface area contributed by atoms with E-state index in [4.69, 9.17) is 20.3 Å². The zero-order chi connectivity index (χ0) is 17.8. The van der Waals surface area contributed by atoms with Gasteiger partial charge in [0.15, 0.2) is 22.8 Å². The van der Waals surface area contributed by atoms with Crippen molar-refractivity contribution in [2.45, 2.75) is 44.1 Å². The molecule has 2 aliphatic rings. The first-order valence-electron chi connectivity index (χ1n) is 7.91. The second-order valence-electron chi connectivity index (χ2n) is 6.44. The van der Waals surface area contributed by atoms with Crippen LogP contribution >= 0.6 is 7.60 Å². The highest BCUT2D eigenvalue weighted by Crippen LogP contribution is 2.50. The summed E-state index contributed by atoms with van der Waals surface area (Å²) in [5, 5.41) is 3.23. The molecular weight excluding hydrogens is 354 g/mol. The molecule has 0 amide bonds. The van der Waals surface area contributed by atoms with Gasteiger partial charge < -0.3 is 30.1 Å². The van der Waals surface area contributed by atoms with Gasteiger partial charge in [-0.05, 0) is 19.3 Å². The van der Waals surface area contributed by atoms with Crippen LogP contribution in [0.5, 0.6) is 0 Å². The van der Waals surface area contributed by atoms with E-state index in [-0.39, 0.29) is 18.9 Å². The molecule has 25 heavy (non-hydrogen) atoms. The summed E-state index contributed by atoms with van der Waals surface area (Å²) in [4.78, 5) is 30.9. The number of fused-ring (bicyclic) bond motifs is 1. The molecule has 4 rings (SSSR count). The third-order valence-electron chi connectivity index (χ3n) is 4.37. The SMILES string of the molecule is Nc1nc(NC2CC2)c2ncn(C[C@@H]3C[C@H](P(=O)(O)O)O[C@@H]3F)c2n1. The molecule has 12 heteroatoms. The standard InChI is InChI=1S/C13H18FN6O4P/c14-10-6(3-8(24-10)25(21,22)23)4-20-5-16-9-11(17-7-1-2-7)18-13(15)19-12(9)20/h5-8,10H,1-4H2,(H2,21,22,23)(H3,15,17,18,19)/t6-,8-,10-/m0/s1. The fourth-order valence-corrected chi connectivity index (χ4v) is 3.75. The Labute approximate surface area is 141 Å². The Morgan fingerprint density at radius 1 is 1.44 bits per heavy atom. The molecule has 1 aliphatic carbocycles. The molecular formula is C13H18FN6O4P. The molecule has 2 fully saturated rings. The monoisotopic (exact) mass is 372 g/mol. The molecule has 0 bridgehead atoms. The molecule has 1 saturated carbocycles. The van der Waals surface area contributed by atoms with Crippen molar-refractivity contribution in [2.24, 2.45) is 5.92 Å². The Kier molecular flexibility index (Phi) is 3.91. The van der Waals surface area contributed by atoms with E-state index < -0.39 is 25.7 Å². The maximum Gasteiger partial charge on any atom is 0.354 e. The second kappa shape index (κ2) is 5.87. The Bertz CT molecular complexity index is 852. The minimum absolute atomic E-state index is 0.0740. The third kappa shape index (κ3) is 3.32. The number of halogens is 1. The molecule has 10 nitrogen and oxygen atoms in total. The summed E-state index contributed by atoms with van der Waals surface area (Å²) in [6, 6.07) is 0.352. The number of ether oxygens (including phenoxy) is 1. The summed E-state index contributed by atoms with van der Waals surface area (Å²) in [6.45, 7) is 0.119. The first-order chi connectivity index (χ1) is 11.8. The average Bonchev–Trinajstić information content (AvgIpc) is 3.12. The summed E-state index contributed by atoms with van der Waals surface area (Å²) in [6.07, 6.45) is 1.75. The van der Waals surface area contributed by atoms with E-state index in [9.17, 15) is 8.96 Å². The largest absolute Gasteiger partial charge is 0.368 e. The van der Waals surface area contributed by atoms with Crippen molar-refractivity contribution < 1.29 is 23.5 Å². The van der Waals surface area contributed by atoms with Crippen LogP contribution in [0.25, 0.3) is 11.2 Å². The van der Waals surface area contributed by atoms with Crippen LogP contribution in [0.2, 0.25) is 0 Å². The number of hydrogen-bond acceptors (Lipinski definition) is 7. The Morgan fingerprint density at radius 2 is 2.20 bits per heavy atom. The maximum absolute atomic E-state index is 14.0. The summed E-state index contributed by atoms with van der Waals surface area (Å²) < 4.78 is 31.7. The molecule has 0 radical (unpaired) electrons. The summed E-state index contributed by atoms with van der Waals surface area (Å²) in [5.41, 5.74) is 6.73. The van der Waals surface area contributed by atoms with Gasteiger partial charge in [0.2, 0.25) is 12.3 Å². The van der Waals surface area contributed by atoms with Crippen LogP contribution in [0.4, 0.5) is 16.2 Å². The Hall–Kier alpha value is -1.81. The smallest absolute Gasteiger partial charge is 0.354 e. The van der Waals surface area contributed by atoms with E-state index in [1.165, 1.54) is 6.33 Å². The number of rotatable bonds is 5. The minimum Gasteiger partial charge on any atom is -0.368 e. The molecule has 2 aromatic heterocycles. The fourth-order valence-electron chi connectivity index (χ4n) is 2.93. The predicted octanol–water partition coefficient (Wildman–Crippen LogP) is 0.819. The van der Waals surface area contributed by atoms with Crippen molar-refractivity contribution in [1.29, 1.82) is 0 Å². The van der Waals surface area contributed by atoms with Gasteiger partial charge in [-0.1, -0.05) is 0 Å². The van der Waals surface area contributed by atoms with Crippen LogP contribution in [0.3, 0.4) is 0 Å². The van der Waals surface area contributed by atoms with Crippen LogP contribution < -0.4 is 11.1 Å². The highest BCUT2D eigenvalue weighted by atomic mass is 31.2. The van der Waals surface area contributed by atoms with Gasteiger partial charge in [-0.25, -0.2) is 9.37 Å². The number of nitrogens with one attached hydrogen (secondary N) is 1. The Balaban J connectivity index is 1.59. The van der Waals surface area contributed by atoms with Gasteiger partial charge in [-0.3, -0.25) is 4.57 Å². The van der Waals surface area contributed by atoms with Gasteiger partial charge >= 0.3 is 7.60 Å². The topological polar surface area (TPSA) is 148 Å². The van der Waals surface area contributed by atoms with E-state index in [2.05, 4.69) is 20.3 Å². The molecule has 0 unspecified atom stereocenters. The molecule has 0 aromatic carbocycles. The van der Waals surface area contributed by atoms with Crippen LogP contribution in [-0.2, 0) is 15.8 Å². The van der Waals surface area contributed by atoms with Crippen LogP contribution in [0, 0.1) is 5.92 Å². The minimum atomic E-state index is -4.49. The van der Waals surface area contributed by atoms with Crippen LogP contribution in [0.1, 0.15) is 19.3 Å². The molecule has 1 aliphatic heterocycles. The van der Waals surface area contributed by atoms with Crippen molar-refractivity contribution in [3.05, 3.63) is 6.33 Å². The van der Waals surface area contributed by atoms with Crippen molar-refractivity contribution in [2.75, 3.05) is 11.1 Å². The zero-order valence-electron chi connectivity index (χ0n) is 13.1. The van der Waals surface area contributed by atoms with Gasteiger partial charge in [0.1, 0.15) is 0 Å². The Morgan fingerprint density at radius 3 is 2.84 bits per heavy atom. The van der Waals surface area contributed by atoms with E-state index >= 15 is 0 Å². The normalized spacial score (nSPS) is 27.1. The lowest BCUT2D eigenvalue weighted by Gasteiger charge is -2.12. The summed E-state index contributed by atoms with van der Waals surface area (Å²) >= 11 is 0. The first kappa shape index (κ1) is 16.6. The number of alkyl halides is 1. The summed E-state index contributed by atoms with van der Waals surface area (Å²) in [5.74, 6) is -1.53. The average molecular weight is 372 g/mol. The molecule has 5 N–H and O–H groups in total.